The monoisotopic (exact) mass is 400 g/mol. The molecule has 0 heterocycles. The van der Waals surface area contributed by atoms with E-state index in [4.69, 9.17) is 14.5 Å². The van der Waals surface area contributed by atoms with E-state index >= 15 is 0 Å². The van der Waals surface area contributed by atoms with Gasteiger partial charge in [-0.1, -0.05) is 0 Å². The molecular weight excluding hydrogens is 388 g/mol. The average Bonchev–Trinajstić information content (AvgIpc) is 2.60. The van der Waals surface area contributed by atoms with Crippen LogP contribution < -0.4 is 10.0 Å². The van der Waals surface area contributed by atoms with Crippen molar-refractivity contribution in [3.8, 4) is 17.6 Å². The third kappa shape index (κ3) is 4.45. The molecule has 1 atom stereocenters. The number of halogens is 3. The van der Waals surface area contributed by atoms with E-state index in [-0.39, 0.29) is 22.4 Å². The molecule has 27 heavy (non-hydrogen) atoms. The molecular formula is C16H12F3N2O5P. The molecule has 0 spiro atoms. The Morgan fingerprint density at radius 3 is 2.41 bits per heavy atom. The smallest absolute Gasteiger partial charge is 0.416 e. The van der Waals surface area contributed by atoms with Gasteiger partial charge in [-0.3, -0.25) is 14.7 Å². The Balaban J connectivity index is 2.50. The lowest BCUT2D eigenvalue weighted by molar-refractivity contribution is -0.383. The Bertz CT molecular complexity index is 985. The number of hydrogen-bond acceptors (Lipinski definition) is 6. The number of nitrogens with zero attached hydrogens (tertiary/aromatic N) is 2. The lowest BCUT2D eigenvalue weighted by Crippen LogP contribution is -2.11. The number of ether oxygens (including phenoxy) is 1. The fourth-order valence-electron chi connectivity index (χ4n) is 2.15. The highest BCUT2D eigenvalue weighted by Gasteiger charge is 2.32. The highest BCUT2D eigenvalue weighted by molar-refractivity contribution is 7.66. The highest BCUT2D eigenvalue weighted by Crippen LogP contribution is 2.44. The zero-order valence-corrected chi connectivity index (χ0v) is 14.9. The summed E-state index contributed by atoms with van der Waals surface area (Å²) in [4.78, 5) is 10.4. The van der Waals surface area contributed by atoms with Crippen LogP contribution in [-0.4, -0.2) is 18.7 Å². The molecule has 0 saturated carbocycles. The molecule has 11 heteroatoms. The summed E-state index contributed by atoms with van der Waals surface area (Å²) in [6, 6.07) is 7.24. The quantitative estimate of drug-likeness (QED) is 0.417. The lowest BCUT2D eigenvalue weighted by Gasteiger charge is -2.14. The first kappa shape index (κ1) is 20.4. The van der Waals surface area contributed by atoms with Gasteiger partial charge in [0, 0.05) is 25.9 Å². The van der Waals surface area contributed by atoms with E-state index in [1.54, 1.807) is 6.07 Å². The third-order valence-electron chi connectivity index (χ3n) is 3.58. The average molecular weight is 400 g/mol. The Morgan fingerprint density at radius 2 is 1.89 bits per heavy atom. The summed E-state index contributed by atoms with van der Waals surface area (Å²) >= 11 is 0. The zero-order chi connectivity index (χ0) is 20.4. The van der Waals surface area contributed by atoms with Gasteiger partial charge >= 0.3 is 6.18 Å². The Kier molecular flexibility index (Phi) is 5.59. The van der Waals surface area contributed by atoms with Crippen LogP contribution in [0.1, 0.15) is 11.1 Å². The minimum atomic E-state index is -4.63. The molecule has 0 aliphatic heterocycles. The van der Waals surface area contributed by atoms with Crippen LogP contribution in [0.2, 0.25) is 0 Å². The maximum absolute atomic E-state index is 12.7. The van der Waals surface area contributed by atoms with E-state index in [1.807, 2.05) is 0 Å². The maximum atomic E-state index is 12.7. The van der Waals surface area contributed by atoms with Crippen molar-refractivity contribution in [1.29, 1.82) is 5.26 Å². The minimum Gasteiger partial charge on any atom is -0.456 e. The first-order chi connectivity index (χ1) is 12.5. The molecule has 2 aromatic rings. The molecule has 2 rings (SSSR count). The molecule has 2 aromatic carbocycles. The van der Waals surface area contributed by atoms with Crippen LogP contribution in [0.25, 0.3) is 0 Å². The van der Waals surface area contributed by atoms with E-state index in [0.717, 1.165) is 31.4 Å². The second kappa shape index (κ2) is 7.39. The standard InChI is InChI=1S/C16H12F3N2O5P/c1-25-27(2,24)15-8-12(4-5-13(15)21(22)23)26-14-6-3-11(16(17,18)19)7-10(14)9-20/h3-8H,1-2H3. The largest absolute Gasteiger partial charge is 0.456 e. The summed E-state index contributed by atoms with van der Waals surface area (Å²) in [5.74, 6) is -0.236. The molecule has 0 radical (unpaired) electrons. The van der Waals surface area contributed by atoms with Crippen molar-refractivity contribution in [1.82, 2.24) is 0 Å². The van der Waals surface area contributed by atoms with Gasteiger partial charge in [0.25, 0.3) is 5.69 Å². The van der Waals surface area contributed by atoms with Crippen molar-refractivity contribution in [2.24, 2.45) is 0 Å². The summed E-state index contributed by atoms with van der Waals surface area (Å²) in [5, 5.41) is 20.0. The van der Waals surface area contributed by atoms with Crippen LogP contribution in [-0.2, 0) is 15.3 Å². The van der Waals surface area contributed by atoms with Gasteiger partial charge < -0.3 is 9.26 Å². The molecule has 1 unspecified atom stereocenters. The maximum Gasteiger partial charge on any atom is 0.416 e. The Labute approximate surface area is 151 Å². The molecule has 0 N–H and O–H groups in total. The van der Waals surface area contributed by atoms with E-state index in [0.29, 0.717) is 6.07 Å². The number of alkyl halides is 3. The van der Waals surface area contributed by atoms with Crippen molar-refractivity contribution in [2.75, 3.05) is 13.8 Å². The minimum absolute atomic E-state index is 0.0500. The van der Waals surface area contributed by atoms with Crippen molar-refractivity contribution in [3.05, 3.63) is 57.6 Å². The SMILES string of the molecule is COP(C)(=O)c1cc(Oc2ccc(C(F)(F)F)cc2C#N)ccc1[N+](=O)[O-]. The number of hydrogen-bond donors (Lipinski definition) is 0. The molecule has 0 aliphatic rings. The van der Waals surface area contributed by atoms with Crippen molar-refractivity contribution >= 4 is 18.4 Å². The molecule has 0 amide bonds. The van der Waals surface area contributed by atoms with Crippen LogP contribution in [0.4, 0.5) is 18.9 Å². The van der Waals surface area contributed by atoms with Crippen LogP contribution in [0.15, 0.2) is 36.4 Å². The number of nitro groups is 1. The summed E-state index contributed by atoms with van der Waals surface area (Å²) in [5.41, 5.74) is -1.85. The molecule has 142 valence electrons. The van der Waals surface area contributed by atoms with Gasteiger partial charge in [0.15, 0.2) is 0 Å². The summed E-state index contributed by atoms with van der Waals surface area (Å²) in [6.45, 7) is 1.18. The van der Waals surface area contributed by atoms with Crippen LogP contribution in [0.5, 0.6) is 11.5 Å². The van der Waals surface area contributed by atoms with Crippen LogP contribution >= 0.6 is 7.37 Å². The molecule has 0 bridgehead atoms. The fourth-order valence-corrected chi connectivity index (χ4v) is 3.29. The molecule has 0 aliphatic carbocycles. The van der Waals surface area contributed by atoms with E-state index in [2.05, 4.69) is 0 Å². The zero-order valence-electron chi connectivity index (χ0n) is 14.0. The van der Waals surface area contributed by atoms with Crippen LogP contribution in [0, 0.1) is 21.4 Å². The number of rotatable bonds is 5. The normalized spacial score (nSPS) is 13.5. The highest BCUT2D eigenvalue weighted by atomic mass is 31.2. The van der Waals surface area contributed by atoms with Gasteiger partial charge in [-0.25, -0.2) is 0 Å². The van der Waals surface area contributed by atoms with Gasteiger partial charge in [0.1, 0.15) is 22.9 Å². The molecule has 0 fully saturated rings. The fraction of sp³-hybridized carbons (Fsp3) is 0.188. The molecule has 0 saturated heterocycles. The van der Waals surface area contributed by atoms with Gasteiger partial charge in [-0.15, -0.1) is 0 Å². The number of benzene rings is 2. The van der Waals surface area contributed by atoms with Crippen LogP contribution in [0.3, 0.4) is 0 Å². The third-order valence-corrected chi connectivity index (χ3v) is 5.51. The first-order valence-electron chi connectivity index (χ1n) is 7.21. The van der Waals surface area contributed by atoms with Crippen molar-refractivity contribution < 1.29 is 31.9 Å². The van der Waals surface area contributed by atoms with E-state index < -0.39 is 29.7 Å². The topological polar surface area (TPSA) is 102 Å². The second-order valence-corrected chi connectivity index (χ2v) is 7.90. The van der Waals surface area contributed by atoms with Gasteiger partial charge in [0.2, 0.25) is 7.37 Å². The first-order valence-corrected chi connectivity index (χ1v) is 9.28. The van der Waals surface area contributed by atoms with Crippen molar-refractivity contribution in [3.63, 3.8) is 0 Å². The number of nitriles is 1. The van der Waals surface area contributed by atoms with E-state index in [9.17, 15) is 27.9 Å². The lowest BCUT2D eigenvalue weighted by atomic mass is 10.1. The Morgan fingerprint density at radius 1 is 1.22 bits per heavy atom. The molecule has 7 nitrogen and oxygen atoms in total. The predicted octanol–water partition coefficient (Wildman–Crippen LogP) is 4.46. The van der Waals surface area contributed by atoms with E-state index in [1.165, 1.54) is 12.7 Å². The Hall–Kier alpha value is -2.89. The van der Waals surface area contributed by atoms with Crippen molar-refractivity contribution in [2.45, 2.75) is 6.18 Å². The number of nitro benzene ring substituents is 1. The summed E-state index contributed by atoms with van der Waals surface area (Å²) in [7, 11) is -2.41. The van der Waals surface area contributed by atoms with Gasteiger partial charge in [-0.2, -0.15) is 18.4 Å². The van der Waals surface area contributed by atoms with Gasteiger partial charge in [0.05, 0.1) is 16.1 Å². The summed E-state index contributed by atoms with van der Waals surface area (Å²) < 4.78 is 60.9. The second-order valence-electron chi connectivity index (χ2n) is 5.36. The predicted molar refractivity (Wildman–Crippen MR) is 89.5 cm³/mol. The van der Waals surface area contributed by atoms with Gasteiger partial charge in [-0.05, 0) is 24.3 Å². The summed E-state index contributed by atoms with van der Waals surface area (Å²) in [6.07, 6.45) is -4.63. The molecule has 0 aromatic heterocycles.